The van der Waals surface area contributed by atoms with E-state index in [-0.39, 0.29) is 16.7 Å². The van der Waals surface area contributed by atoms with Crippen molar-refractivity contribution in [3.8, 4) is 0 Å². The van der Waals surface area contributed by atoms with Gasteiger partial charge in [0.15, 0.2) is 11.2 Å². The summed E-state index contributed by atoms with van der Waals surface area (Å²) in [6, 6.07) is 2.99. The zero-order chi connectivity index (χ0) is 19.9. The first kappa shape index (κ1) is 19.0. The quantitative estimate of drug-likeness (QED) is 0.693. The first-order valence-corrected chi connectivity index (χ1v) is 9.06. The number of Topliss-reactive ketones (excluding diaryl/α,β-unsaturated/α-hetero) is 1. The minimum Gasteiger partial charge on any atom is -0.346 e. The van der Waals surface area contributed by atoms with E-state index in [1.807, 2.05) is 18.4 Å². The number of fused-ring (bicyclic) bond motifs is 1. The van der Waals surface area contributed by atoms with Crippen molar-refractivity contribution in [2.24, 2.45) is 5.92 Å². The molecule has 0 fully saturated rings. The van der Waals surface area contributed by atoms with Gasteiger partial charge in [-0.15, -0.1) is 0 Å². The zero-order valence-corrected chi connectivity index (χ0v) is 16.3. The zero-order valence-electron chi connectivity index (χ0n) is 16.3. The number of pyridine rings is 1. The molecule has 2 heterocycles. The van der Waals surface area contributed by atoms with E-state index in [9.17, 15) is 14.0 Å². The molecule has 142 valence electrons. The maximum atomic E-state index is 14.8. The van der Waals surface area contributed by atoms with Crippen molar-refractivity contribution in [2.75, 3.05) is 0 Å². The summed E-state index contributed by atoms with van der Waals surface area (Å²) < 4.78 is 16.7. The van der Waals surface area contributed by atoms with Gasteiger partial charge in [0.1, 0.15) is 5.82 Å². The van der Waals surface area contributed by atoms with Crippen LogP contribution < -0.4 is 5.43 Å². The summed E-state index contributed by atoms with van der Waals surface area (Å²) in [5, 5.41) is 7.32. The van der Waals surface area contributed by atoms with Crippen molar-refractivity contribution in [3.05, 3.63) is 62.4 Å². The molecule has 5 nitrogen and oxygen atoms in total. The minimum atomic E-state index is -0.448. The topological polar surface area (TPSA) is 67.8 Å². The van der Waals surface area contributed by atoms with Crippen molar-refractivity contribution in [1.29, 1.82) is 0 Å². The van der Waals surface area contributed by atoms with E-state index < -0.39 is 11.2 Å². The number of nitrogens with zero attached hydrogens (tertiary/aromatic N) is 2. The van der Waals surface area contributed by atoms with Crippen LogP contribution in [-0.2, 0) is 13.0 Å². The maximum Gasteiger partial charge on any atom is 0.200 e. The normalized spacial score (nSPS) is 11.5. The van der Waals surface area contributed by atoms with Crippen LogP contribution in [0.4, 0.5) is 4.39 Å². The van der Waals surface area contributed by atoms with Crippen LogP contribution in [0.2, 0.25) is 0 Å². The number of aromatic amines is 1. The average molecular weight is 369 g/mol. The number of hydrogen-bond donors (Lipinski definition) is 1. The van der Waals surface area contributed by atoms with Crippen LogP contribution in [0.1, 0.15) is 53.6 Å². The van der Waals surface area contributed by atoms with Crippen molar-refractivity contribution in [2.45, 2.75) is 47.6 Å². The molecule has 0 bridgehead atoms. The smallest absolute Gasteiger partial charge is 0.200 e. The Hall–Kier alpha value is -2.76. The standard InChI is InChI=1S/C21H24FN3O2/c1-11(2)9-25-10-18(14(5)26)21(27)17-8-19(22)15(7-20(17)25)6-16-12(3)23-24-13(16)4/h7-8,10-11H,6,9H2,1-5H3,(H,23,24). The molecule has 0 aliphatic heterocycles. The predicted molar refractivity (Wildman–Crippen MR) is 104 cm³/mol. The van der Waals surface area contributed by atoms with Crippen LogP contribution in [0, 0.1) is 25.6 Å². The van der Waals surface area contributed by atoms with Gasteiger partial charge in [0.2, 0.25) is 0 Å². The summed E-state index contributed by atoms with van der Waals surface area (Å²) in [5.41, 5.74) is 3.51. The molecule has 6 heteroatoms. The van der Waals surface area contributed by atoms with Crippen molar-refractivity contribution in [3.63, 3.8) is 0 Å². The van der Waals surface area contributed by atoms with Gasteiger partial charge >= 0.3 is 0 Å². The lowest BCUT2D eigenvalue weighted by Gasteiger charge is -2.16. The summed E-state index contributed by atoms with van der Waals surface area (Å²) in [4.78, 5) is 24.5. The molecule has 0 saturated heterocycles. The van der Waals surface area contributed by atoms with E-state index in [1.54, 1.807) is 12.3 Å². The molecule has 0 atom stereocenters. The van der Waals surface area contributed by atoms with Gasteiger partial charge in [0.05, 0.1) is 16.8 Å². The molecule has 27 heavy (non-hydrogen) atoms. The second-order valence-corrected chi connectivity index (χ2v) is 7.52. The molecule has 0 aliphatic carbocycles. The highest BCUT2D eigenvalue weighted by atomic mass is 19.1. The fourth-order valence-corrected chi connectivity index (χ4v) is 3.41. The molecule has 0 radical (unpaired) electrons. The van der Waals surface area contributed by atoms with E-state index >= 15 is 0 Å². The minimum absolute atomic E-state index is 0.0943. The summed E-state index contributed by atoms with van der Waals surface area (Å²) in [7, 11) is 0. The van der Waals surface area contributed by atoms with Crippen LogP contribution in [0.25, 0.3) is 10.9 Å². The molecule has 0 unspecified atom stereocenters. The highest BCUT2D eigenvalue weighted by molar-refractivity contribution is 5.97. The molecule has 0 spiro atoms. The number of aromatic nitrogens is 3. The highest BCUT2D eigenvalue weighted by Crippen LogP contribution is 2.23. The third-order valence-electron chi connectivity index (χ3n) is 4.84. The number of rotatable bonds is 5. The lowest BCUT2D eigenvalue weighted by Crippen LogP contribution is -2.19. The van der Waals surface area contributed by atoms with Crippen molar-refractivity contribution < 1.29 is 9.18 Å². The predicted octanol–water partition coefficient (Wildman–Crippen LogP) is 3.93. The van der Waals surface area contributed by atoms with Gasteiger partial charge in [-0.3, -0.25) is 14.7 Å². The Morgan fingerprint density at radius 2 is 2.00 bits per heavy atom. The summed E-state index contributed by atoms with van der Waals surface area (Å²) in [6.45, 7) is 9.89. The van der Waals surface area contributed by atoms with Gasteiger partial charge in [-0.25, -0.2) is 4.39 Å². The molecule has 0 amide bonds. The lowest BCUT2D eigenvalue weighted by molar-refractivity contribution is 0.101. The molecule has 0 saturated carbocycles. The molecule has 3 rings (SSSR count). The van der Waals surface area contributed by atoms with Crippen LogP contribution in [0.15, 0.2) is 23.1 Å². The Labute approximate surface area is 157 Å². The van der Waals surface area contributed by atoms with Crippen molar-refractivity contribution >= 4 is 16.7 Å². The first-order chi connectivity index (χ1) is 12.7. The number of nitrogens with one attached hydrogen (secondary N) is 1. The Balaban J connectivity index is 2.24. The lowest BCUT2D eigenvalue weighted by atomic mass is 9.99. The van der Waals surface area contributed by atoms with E-state index in [1.165, 1.54) is 13.0 Å². The molecule has 3 aromatic rings. The number of carbonyl (C=O) groups excluding carboxylic acids is 1. The van der Waals surface area contributed by atoms with Crippen LogP contribution in [0.5, 0.6) is 0 Å². The summed E-state index contributed by atoms with van der Waals surface area (Å²) >= 11 is 0. The molecule has 2 aromatic heterocycles. The third kappa shape index (κ3) is 3.56. The Bertz CT molecular complexity index is 1070. The van der Waals surface area contributed by atoms with Crippen LogP contribution in [0.3, 0.4) is 0 Å². The largest absolute Gasteiger partial charge is 0.346 e. The Kier molecular flexibility index (Phi) is 5.00. The molecule has 1 aromatic carbocycles. The number of H-pyrrole nitrogens is 1. The fourth-order valence-electron chi connectivity index (χ4n) is 3.41. The van der Waals surface area contributed by atoms with E-state index in [0.29, 0.717) is 30.0 Å². The maximum absolute atomic E-state index is 14.8. The van der Waals surface area contributed by atoms with Crippen LogP contribution >= 0.6 is 0 Å². The number of halogens is 1. The number of ketones is 1. The number of benzene rings is 1. The Morgan fingerprint density at radius 3 is 2.56 bits per heavy atom. The number of carbonyl (C=O) groups is 1. The van der Waals surface area contributed by atoms with E-state index in [2.05, 4.69) is 24.0 Å². The SMILES string of the molecule is CC(=O)c1cn(CC(C)C)c2cc(Cc3c(C)n[nH]c3C)c(F)cc2c1=O. The van der Waals surface area contributed by atoms with E-state index in [0.717, 1.165) is 17.0 Å². The first-order valence-electron chi connectivity index (χ1n) is 9.06. The second kappa shape index (κ2) is 7.10. The second-order valence-electron chi connectivity index (χ2n) is 7.52. The van der Waals surface area contributed by atoms with E-state index in [4.69, 9.17) is 0 Å². The highest BCUT2D eigenvalue weighted by Gasteiger charge is 2.17. The monoisotopic (exact) mass is 369 g/mol. The van der Waals surface area contributed by atoms with Gasteiger partial charge in [0, 0.05) is 35.8 Å². The molecule has 1 N–H and O–H groups in total. The average Bonchev–Trinajstić information content (AvgIpc) is 2.89. The molecular weight excluding hydrogens is 345 g/mol. The number of hydrogen-bond acceptors (Lipinski definition) is 3. The van der Waals surface area contributed by atoms with Crippen LogP contribution in [-0.4, -0.2) is 20.5 Å². The fraction of sp³-hybridized carbons (Fsp3) is 0.381. The van der Waals surface area contributed by atoms with Gasteiger partial charge in [-0.1, -0.05) is 13.8 Å². The van der Waals surface area contributed by atoms with Gasteiger partial charge in [0.25, 0.3) is 0 Å². The molecule has 0 aliphatic rings. The van der Waals surface area contributed by atoms with Gasteiger partial charge < -0.3 is 4.57 Å². The molecular formula is C21H24FN3O2. The van der Waals surface area contributed by atoms with Crippen molar-refractivity contribution in [1.82, 2.24) is 14.8 Å². The van der Waals surface area contributed by atoms with Gasteiger partial charge in [-0.2, -0.15) is 5.10 Å². The Morgan fingerprint density at radius 1 is 1.30 bits per heavy atom. The number of aryl methyl sites for hydroxylation is 2. The summed E-state index contributed by atoms with van der Waals surface area (Å²) in [6.07, 6.45) is 1.99. The van der Waals surface area contributed by atoms with Gasteiger partial charge in [-0.05, 0) is 44.4 Å². The third-order valence-corrected chi connectivity index (χ3v) is 4.84. The summed E-state index contributed by atoms with van der Waals surface area (Å²) in [5.74, 6) is -0.452.